The fraction of sp³-hybridized carbons (Fsp3) is 0.375. The number of benzene rings is 2. The van der Waals surface area contributed by atoms with Gasteiger partial charge in [0.2, 0.25) is 0 Å². The molecule has 0 radical (unpaired) electrons. The molecule has 2 fully saturated rings. The van der Waals surface area contributed by atoms with Crippen LogP contribution in [-0.2, 0) is 25.1 Å². The van der Waals surface area contributed by atoms with Crippen LogP contribution in [0.15, 0.2) is 59.7 Å². The maximum Gasteiger partial charge on any atom is 0.418 e. The summed E-state index contributed by atoms with van der Waals surface area (Å²) >= 11 is 12.2. The van der Waals surface area contributed by atoms with Gasteiger partial charge in [0.25, 0.3) is 0 Å². The quantitative estimate of drug-likeness (QED) is 0.199. The van der Waals surface area contributed by atoms with Crippen LogP contribution in [-0.4, -0.2) is 47.9 Å². The minimum atomic E-state index is -4.71. The first-order valence-corrected chi connectivity index (χ1v) is 12.1. The maximum absolute atomic E-state index is 13.9. The summed E-state index contributed by atoms with van der Waals surface area (Å²) in [6.07, 6.45) is -8.99. The Morgan fingerprint density at radius 3 is 2.58 bits per heavy atom. The predicted molar refractivity (Wildman–Crippen MR) is 130 cm³/mol. The normalized spacial score (nSPS) is 27.4. The third-order valence-corrected chi connectivity index (χ3v) is 6.79. The summed E-state index contributed by atoms with van der Waals surface area (Å²) in [5.74, 6) is 0. The van der Waals surface area contributed by atoms with E-state index in [0.29, 0.717) is 0 Å². The van der Waals surface area contributed by atoms with Crippen molar-refractivity contribution in [1.82, 2.24) is 9.78 Å². The summed E-state index contributed by atoms with van der Waals surface area (Å²) in [5, 5.41) is 8.00. The first kappa shape index (κ1) is 26.8. The first-order chi connectivity index (χ1) is 18.2. The standard InChI is InChI=1S/C24H20Cl2F3N5O4/c1-35-22-19(31-33-30)21-17(11-36-23(38-21)12-5-3-2-4-6-12)37-20(22)16-10-18(26)32-34(16)15-9-13(25)7-8-14(15)24(27,28)29/h2-10,17,19-23H,11H2,1H3/t17?,19?,20-,21-,22?,23?/m0/s1. The molecule has 3 heterocycles. The number of fused-ring (bicyclic) bond motifs is 1. The van der Waals surface area contributed by atoms with Crippen LogP contribution >= 0.6 is 23.2 Å². The molecular formula is C24H20Cl2F3N5O4. The molecule has 0 saturated carbocycles. The molecule has 0 spiro atoms. The van der Waals surface area contributed by atoms with Crippen LogP contribution in [0.2, 0.25) is 10.2 Å². The molecule has 0 amide bonds. The van der Waals surface area contributed by atoms with Gasteiger partial charge in [0.15, 0.2) is 11.4 Å². The number of halogens is 5. The fourth-order valence-corrected chi connectivity index (χ4v) is 5.11. The average molecular weight is 570 g/mol. The molecule has 1 aromatic heterocycles. The van der Waals surface area contributed by atoms with E-state index in [9.17, 15) is 18.7 Å². The maximum atomic E-state index is 13.9. The Kier molecular flexibility index (Phi) is 7.56. The highest BCUT2D eigenvalue weighted by Gasteiger charge is 2.51. The Morgan fingerprint density at radius 2 is 1.89 bits per heavy atom. The summed E-state index contributed by atoms with van der Waals surface area (Å²) in [4.78, 5) is 2.97. The van der Waals surface area contributed by atoms with E-state index in [1.807, 2.05) is 30.3 Å². The van der Waals surface area contributed by atoms with Crippen molar-refractivity contribution in [3.63, 3.8) is 0 Å². The molecule has 0 N–H and O–H groups in total. The molecule has 4 unspecified atom stereocenters. The molecule has 2 aromatic carbocycles. The summed E-state index contributed by atoms with van der Waals surface area (Å²) in [6, 6.07) is 12.7. The van der Waals surface area contributed by atoms with Gasteiger partial charge in [0.1, 0.15) is 24.4 Å². The van der Waals surface area contributed by atoms with Gasteiger partial charge < -0.3 is 18.9 Å². The summed E-state index contributed by atoms with van der Waals surface area (Å²) < 4.78 is 66.7. The number of rotatable bonds is 5. The zero-order valence-corrected chi connectivity index (χ0v) is 21.1. The molecule has 3 aromatic rings. The number of methoxy groups -OCH3 is 1. The van der Waals surface area contributed by atoms with Crippen molar-refractivity contribution in [2.75, 3.05) is 13.7 Å². The van der Waals surface area contributed by atoms with E-state index in [-0.39, 0.29) is 28.2 Å². The van der Waals surface area contributed by atoms with Crippen molar-refractivity contribution >= 4 is 23.2 Å². The average Bonchev–Trinajstić information content (AvgIpc) is 3.29. The highest BCUT2D eigenvalue weighted by molar-refractivity contribution is 6.30. The minimum Gasteiger partial charge on any atom is -0.378 e. The molecule has 38 heavy (non-hydrogen) atoms. The van der Waals surface area contributed by atoms with Crippen LogP contribution in [0.4, 0.5) is 13.2 Å². The van der Waals surface area contributed by atoms with Crippen LogP contribution < -0.4 is 0 Å². The third-order valence-electron chi connectivity index (χ3n) is 6.37. The highest BCUT2D eigenvalue weighted by atomic mass is 35.5. The van der Waals surface area contributed by atoms with Crippen LogP contribution in [0.25, 0.3) is 16.1 Å². The summed E-state index contributed by atoms with van der Waals surface area (Å²) in [6.45, 7) is 0.0570. The Bertz CT molecular complexity index is 1350. The first-order valence-electron chi connectivity index (χ1n) is 11.4. The summed E-state index contributed by atoms with van der Waals surface area (Å²) in [7, 11) is 1.37. The van der Waals surface area contributed by atoms with Gasteiger partial charge in [-0.15, -0.1) is 0 Å². The second-order valence-electron chi connectivity index (χ2n) is 8.63. The Balaban J connectivity index is 1.55. The largest absolute Gasteiger partial charge is 0.418 e. The van der Waals surface area contributed by atoms with Crippen molar-refractivity contribution in [2.24, 2.45) is 5.11 Å². The monoisotopic (exact) mass is 569 g/mol. The van der Waals surface area contributed by atoms with Gasteiger partial charge in [-0.2, -0.15) is 18.3 Å². The van der Waals surface area contributed by atoms with Crippen molar-refractivity contribution in [2.45, 2.75) is 42.9 Å². The zero-order chi connectivity index (χ0) is 27.0. The van der Waals surface area contributed by atoms with Gasteiger partial charge in [-0.05, 0) is 23.7 Å². The number of hydrogen-bond donors (Lipinski definition) is 0. The van der Waals surface area contributed by atoms with E-state index in [0.717, 1.165) is 28.4 Å². The number of alkyl halides is 3. The Labute approximate surface area is 224 Å². The minimum absolute atomic E-state index is 0.0570. The van der Waals surface area contributed by atoms with Gasteiger partial charge in [-0.25, -0.2) is 4.68 Å². The Hall–Kier alpha value is -2.83. The number of azide groups is 1. The van der Waals surface area contributed by atoms with Gasteiger partial charge in [-0.3, -0.25) is 0 Å². The second-order valence-corrected chi connectivity index (χ2v) is 9.45. The molecule has 6 atom stereocenters. The van der Waals surface area contributed by atoms with E-state index in [2.05, 4.69) is 15.1 Å². The summed E-state index contributed by atoms with van der Waals surface area (Å²) in [5.41, 5.74) is 8.91. The SMILES string of the molecule is COC1C(N=[N+]=[N-])[C@H]2OC(c3ccccc3)OCC2O[C@H]1c1cc(Cl)nn1-c1cc(Cl)ccc1C(F)(F)F. The van der Waals surface area contributed by atoms with Crippen molar-refractivity contribution in [3.8, 4) is 5.69 Å². The molecule has 5 rings (SSSR count). The van der Waals surface area contributed by atoms with Crippen molar-refractivity contribution in [1.29, 1.82) is 0 Å². The lowest BCUT2D eigenvalue weighted by Gasteiger charge is -2.48. The number of ether oxygens (including phenoxy) is 4. The van der Waals surface area contributed by atoms with Crippen LogP contribution in [0.5, 0.6) is 0 Å². The second kappa shape index (κ2) is 10.7. The van der Waals surface area contributed by atoms with E-state index in [1.165, 1.54) is 13.2 Å². The van der Waals surface area contributed by atoms with E-state index in [1.54, 1.807) is 0 Å². The van der Waals surface area contributed by atoms with Gasteiger partial charge in [0, 0.05) is 28.7 Å². The van der Waals surface area contributed by atoms with E-state index in [4.69, 9.17) is 42.1 Å². The smallest absolute Gasteiger partial charge is 0.378 e. The third kappa shape index (κ3) is 5.08. The van der Waals surface area contributed by atoms with Crippen molar-refractivity contribution < 1.29 is 32.1 Å². The molecule has 2 aliphatic rings. The number of aromatic nitrogens is 2. The van der Waals surface area contributed by atoms with E-state index >= 15 is 0 Å². The number of nitrogens with zero attached hydrogens (tertiary/aromatic N) is 5. The lowest BCUT2D eigenvalue weighted by Crippen LogP contribution is -2.59. The lowest BCUT2D eigenvalue weighted by molar-refractivity contribution is -0.310. The predicted octanol–water partition coefficient (Wildman–Crippen LogP) is 6.45. The van der Waals surface area contributed by atoms with Crippen LogP contribution in [0.1, 0.15) is 29.2 Å². The number of hydrogen-bond acceptors (Lipinski definition) is 6. The van der Waals surface area contributed by atoms with Crippen LogP contribution in [0.3, 0.4) is 0 Å². The van der Waals surface area contributed by atoms with Crippen molar-refractivity contribution in [3.05, 3.63) is 92.0 Å². The highest BCUT2D eigenvalue weighted by Crippen LogP contribution is 2.43. The molecule has 0 bridgehead atoms. The Morgan fingerprint density at radius 1 is 1.13 bits per heavy atom. The zero-order valence-electron chi connectivity index (χ0n) is 19.6. The molecular weight excluding hydrogens is 550 g/mol. The topological polar surface area (TPSA) is 104 Å². The lowest BCUT2D eigenvalue weighted by atomic mass is 9.90. The molecule has 0 aliphatic carbocycles. The molecule has 2 aliphatic heterocycles. The molecule has 2 saturated heterocycles. The van der Waals surface area contributed by atoms with E-state index < -0.39 is 48.5 Å². The molecule has 200 valence electrons. The fourth-order valence-electron chi connectivity index (χ4n) is 4.75. The van der Waals surface area contributed by atoms with Gasteiger partial charge in [-0.1, -0.05) is 58.6 Å². The van der Waals surface area contributed by atoms with Gasteiger partial charge >= 0.3 is 6.18 Å². The molecule has 14 heteroatoms. The molecule has 9 nitrogen and oxygen atoms in total. The van der Waals surface area contributed by atoms with Gasteiger partial charge in [0.05, 0.1) is 29.6 Å². The van der Waals surface area contributed by atoms with Crippen LogP contribution in [0, 0.1) is 0 Å².